The quantitative estimate of drug-likeness (QED) is 0.795. The van der Waals surface area contributed by atoms with Gasteiger partial charge in [-0.25, -0.2) is 0 Å². The summed E-state index contributed by atoms with van der Waals surface area (Å²) in [4.78, 5) is 1.33. The fraction of sp³-hybridized carbons (Fsp3) is 0.647. The van der Waals surface area contributed by atoms with E-state index in [-0.39, 0.29) is 12.2 Å². The van der Waals surface area contributed by atoms with Crippen molar-refractivity contribution in [3.05, 3.63) is 30.3 Å². The van der Waals surface area contributed by atoms with E-state index in [0.29, 0.717) is 18.4 Å². The predicted octanol–water partition coefficient (Wildman–Crippen LogP) is 3.58. The van der Waals surface area contributed by atoms with E-state index in [1.807, 2.05) is 25.6 Å². The Kier molecular flexibility index (Phi) is 4.60. The van der Waals surface area contributed by atoms with Crippen LogP contribution in [0.1, 0.15) is 20.8 Å². The van der Waals surface area contributed by atoms with Gasteiger partial charge in [0.05, 0.1) is 19.3 Å². The number of hydrogen-bond donors (Lipinski definition) is 0. The monoisotopic (exact) mass is 308 g/mol. The second-order valence-electron chi connectivity index (χ2n) is 6.41. The zero-order valence-electron chi connectivity index (χ0n) is 13.0. The molecular weight excluding hydrogens is 284 g/mol. The Labute approximate surface area is 131 Å². The third kappa shape index (κ3) is 3.62. The molecule has 0 saturated carbocycles. The molecule has 3 nitrogen and oxygen atoms in total. The molecule has 2 fully saturated rings. The molecule has 0 amide bonds. The van der Waals surface area contributed by atoms with Crippen molar-refractivity contribution in [3.8, 4) is 0 Å². The summed E-state index contributed by atoms with van der Waals surface area (Å²) in [6.45, 7) is 7.68. The van der Waals surface area contributed by atoms with Crippen LogP contribution in [0.25, 0.3) is 0 Å². The van der Waals surface area contributed by atoms with Gasteiger partial charge in [0.15, 0.2) is 5.79 Å². The average molecular weight is 308 g/mol. The first-order valence-electron chi connectivity index (χ1n) is 7.66. The molecule has 2 aliphatic rings. The molecule has 1 aromatic rings. The van der Waals surface area contributed by atoms with E-state index >= 15 is 0 Å². The Morgan fingerprint density at radius 3 is 2.62 bits per heavy atom. The highest BCUT2D eigenvalue weighted by Gasteiger charge is 2.45. The second-order valence-corrected chi connectivity index (χ2v) is 7.50. The van der Waals surface area contributed by atoms with Gasteiger partial charge in [0, 0.05) is 10.6 Å². The van der Waals surface area contributed by atoms with Crippen LogP contribution in [0.2, 0.25) is 0 Å². The van der Waals surface area contributed by atoms with E-state index in [1.165, 1.54) is 4.90 Å². The molecule has 2 heterocycles. The van der Waals surface area contributed by atoms with Gasteiger partial charge in [0.1, 0.15) is 6.10 Å². The molecule has 2 saturated heterocycles. The Morgan fingerprint density at radius 1 is 1.19 bits per heavy atom. The number of thioether (sulfide) groups is 1. The summed E-state index contributed by atoms with van der Waals surface area (Å²) >= 11 is 1.91. The van der Waals surface area contributed by atoms with Crippen LogP contribution in [0.15, 0.2) is 35.2 Å². The zero-order valence-corrected chi connectivity index (χ0v) is 13.8. The standard InChI is InChI=1S/C17H24O3S/c1-12-13(11-21-14-7-5-4-6-8-14)9-18-16(12)15-10-19-17(2,3)20-15/h4-8,12-13,15-16H,9-11H2,1-3H3/t12-,13?,15-,16?/m1/s1. The van der Waals surface area contributed by atoms with Crippen LogP contribution in [-0.4, -0.2) is 37.0 Å². The summed E-state index contributed by atoms with van der Waals surface area (Å²) in [5.74, 6) is 1.71. The van der Waals surface area contributed by atoms with Crippen molar-refractivity contribution in [2.24, 2.45) is 11.8 Å². The molecule has 4 atom stereocenters. The predicted molar refractivity (Wildman–Crippen MR) is 84.5 cm³/mol. The lowest BCUT2D eigenvalue weighted by Crippen LogP contribution is -2.35. The fourth-order valence-corrected chi connectivity index (χ4v) is 4.21. The second kappa shape index (κ2) is 6.29. The minimum absolute atomic E-state index is 0.0710. The van der Waals surface area contributed by atoms with Crippen molar-refractivity contribution in [2.75, 3.05) is 19.0 Å². The molecule has 3 rings (SSSR count). The van der Waals surface area contributed by atoms with Crippen LogP contribution >= 0.6 is 11.8 Å². The van der Waals surface area contributed by atoms with E-state index < -0.39 is 5.79 Å². The van der Waals surface area contributed by atoms with Crippen molar-refractivity contribution >= 4 is 11.8 Å². The summed E-state index contributed by atoms with van der Waals surface area (Å²) < 4.78 is 17.7. The maximum absolute atomic E-state index is 6.03. The van der Waals surface area contributed by atoms with Crippen molar-refractivity contribution in [1.29, 1.82) is 0 Å². The normalized spacial score (nSPS) is 35.2. The summed E-state index contributed by atoms with van der Waals surface area (Å²) in [5.41, 5.74) is 0. The minimum atomic E-state index is -0.468. The van der Waals surface area contributed by atoms with Gasteiger partial charge in [0.2, 0.25) is 0 Å². The highest BCUT2D eigenvalue weighted by atomic mass is 32.2. The first kappa shape index (κ1) is 15.3. The SMILES string of the molecule is C[C@@H]1C(CSc2ccccc2)COC1[C@H]1COC(C)(C)O1. The van der Waals surface area contributed by atoms with E-state index in [2.05, 4.69) is 37.3 Å². The zero-order chi connectivity index (χ0) is 14.9. The van der Waals surface area contributed by atoms with E-state index in [0.717, 1.165) is 12.4 Å². The van der Waals surface area contributed by atoms with Crippen LogP contribution < -0.4 is 0 Å². The molecule has 0 radical (unpaired) electrons. The fourth-order valence-electron chi connectivity index (χ4n) is 3.05. The molecular formula is C17H24O3S. The van der Waals surface area contributed by atoms with Gasteiger partial charge in [-0.05, 0) is 37.8 Å². The van der Waals surface area contributed by atoms with Crippen molar-refractivity contribution in [3.63, 3.8) is 0 Å². The Hall–Kier alpha value is -0.550. The van der Waals surface area contributed by atoms with E-state index in [1.54, 1.807) is 0 Å². The molecule has 4 heteroatoms. The van der Waals surface area contributed by atoms with Gasteiger partial charge < -0.3 is 14.2 Å². The molecule has 0 spiro atoms. The largest absolute Gasteiger partial charge is 0.375 e. The lowest BCUT2D eigenvalue weighted by molar-refractivity contribution is -0.154. The third-order valence-corrected chi connectivity index (χ3v) is 5.57. The molecule has 116 valence electrons. The molecule has 2 unspecified atom stereocenters. The highest BCUT2D eigenvalue weighted by Crippen LogP contribution is 2.37. The maximum Gasteiger partial charge on any atom is 0.163 e. The van der Waals surface area contributed by atoms with Gasteiger partial charge in [-0.2, -0.15) is 0 Å². The number of rotatable bonds is 4. The van der Waals surface area contributed by atoms with E-state index in [4.69, 9.17) is 14.2 Å². The van der Waals surface area contributed by atoms with Gasteiger partial charge in [-0.3, -0.25) is 0 Å². The molecule has 0 N–H and O–H groups in total. The minimum Gasteiger partial charge on any atom is -0.375 e. The van der Waals surface area contributed by atoms with Crippen molar-refractivity contribution in [1.82, 2.24) is 0 Å². The van der Waals surface area contributed by atoms with Crippen LogP contribution in [0.3, 0.4) is 0 Å². The van der Waals surface area contributed by atoms with Gasteiger partial charge in [-0.1, -0.05) is 25.1 Å². The summed E-state index contributed by atoms with van der Waals surface area (Å²) in [5, 5.41) is 0. The number of hydrogen-bond acceptors (Lipinski definition) is 4. The first-order chi connectivity index (χ1) is 10.1. The number of ether oxygens (including phenoxy) is 3. The highest BCUT2D eigenvalue weighted by molar-refractivity contribution is 7.99. The van der Waals surface area contributed by atoms with Gasteiger partial charge in [0.25, 0.3) is 0 Å². The number of benzene rings is 1. The summed E-state index contributed by atoms with van der Waals surface area (Å²) in [6.07, 6.45) is 0.231. The summed E-state index contributed by atoms with van der Waals surface area (Å²) in [7, 11) is 0. The molecule has 0 bridgehead atoms. The first-order valence-corrected chi connectivity index (χ1v) is 8.65. The van der Waals surface area contributed by atoms with Crippen molar-refractivity contribution < 1.29 is 14.2 Å². The molecule has 2 aliphatic heterocycles. The third-order valence-electron chi connectivity index (χ3n) is 4.37. The smallest absolute Gasteiger partial charge is 0.163 e. The van der Waals surface area contributed by atoms with Crippen LogP contribution in [0.5, 0.6) is 0 Å². The van der Waals surface area contributed by atoms with Crippen molar-refractivity contribution in [2.45, 2.75) is 43.7 Å². The lowest BCUT2D eigenvalue weighted by Gasteiger charge is -2.24. The lowest BCUT2D eigenvalue weighted by atomic mass is 9.91. The Balaban J connectivity index is 1.53. The van der Waals surface area contributed by atoms with Gasteiger partial charge >= 0.3 is 0 Å². The molecule has 0 aromatic heterocycles. The van der Waals surface area contributed by atoms with Crippen LogP contribution in [-0.2, 0) is 14.2 Å². The molecule has 0 aliphatic carbocycles. The topological polar surface area (TPSA) is 27.7 Å². The Bertz CT molecular complexity index is 462. The average Bonchev–Trinajstić information content (AvgIpc) is 3.00. The van der Waals surface area contributed by atoms with E-state index in [9.17, 15) is 0 Å². The molecule has 1 aromatic carbocycles. The van der Waals surface area contributed by atoms with Crippen LogP contribution in [0, 0.1) is 11.8 Å². The van der Waals surface area contributed by atoms with Crippen LogP contribution in [0.4, 0.5) is 0 Å². The maximum atomic E-state index is 6.03. The Morgan fingerprint density at radius 2 is 1.95 bits per heavy atom. The molecule has 21 heavy (non-hydrogen) atoms. The summed E-state index contributed by atoms with van der Waals surface area (Å²) in [6, 6.07) is 10.6. The van der Waals surface area contributed by atoms with Gasteiger partial charge in [-0.15, -0.1) is 11.8 Å².